The van der Waals surface area contributed by atoms with Gasteiger partial charge in [0.1, 0.15) is 0 Å². The molecule has 0 aromatic carbocycles. The van der Waals surface area contributed by atoms with Crippen molar-refractivity contribution < 1.29 is 4.79 Å². The molecule has 0 bridgehead atoms. The van der Waals surface area contributed by atoms with Crippen LogP contribution in [0.3, 0.4) is 0 Å². The number of hydrogen-bond donors (Lipinski definition) is 1. The van der Waals surface area contributed by atoms with Crippen LogP contribution in [0.15, 0.2) is 0 Å². The molecule has 2 heterocycles. The minimum atomic E-state index is 0.154. The first-order valence-electron chi connectivity index (χ1n) is 6.18. The molecule has 2 saturated heterocycles. The van der Waals surface area contributed by atoms with Crippen molar-refractivity contribution >= 4 is 5.91 Å². The summed E-state index contributed by atoms with van der Waals surface area (Å²) < 4.78 is 0. The van der Waals surface area contributed by atoms with E-state index in [0.29, 0.717) is 5.91 Å². The maximum Gasteiger partial charge on any atom is 0.225 e. The Balaban J connectivity index is 1.93. The van der Waals surface area contributed by atoms with Crippen molar-refractivity contribution in [3.8, 4) is 0 Å². The third-order valence-electron chi connectivity index (χ3n) is 3.82. The van der Waals surface area contributed by atoms with E-state index in [1.54, 1.807) is 0 Å². The van der Waals surface area contributed by atoms with Crippen LogP contribution in [0.2, 0.25) is 0 Å². The number of rotatable bonds is 1. The average molecular weight is 210 g/mol. The standard InChI is InChI=1S/C12H22N2O/c1-9(2)12(15)14-5-3-10-7-13-8-11(10)4-6-14/h9-11,13H,3-8H2,1-2H3/t10-,11+. The molecule has 86 valence electrons. The number of carbonyl (C=O) groups excluding carboxylic acids is 1. The average Bonchev–Trinajstić information content (AvgIpc) is 2.57. The van der Waals surface area contributed by atoms with E-state index in [4.69, 9.17) is 0 Å². The first-order valence-corrected chi connectivity index (χ1v) is 6.18. The quantitative estimate of drug-likeness (QED) is 0.703. The number of amides is 1. The zero-order valence-electron chi connectivity index (χ0n) is 9.83. The largest absolute Gasteiger partial charge is 0.342 e. The van der Waals surface area contributed by atoms with Crippen LogP contribution in [0.1, 0.15) is 26.7 Å². The van der Waals surface area contributed by atoms with Gasteiger partial charge in [-0.2, -0.15) is 0 Å². The predicted molar refractivity (Wildman–Crippen MR) is 60.5 cm³/mol. The molecule has 3 nitrogen and oxygen atoms in total. The second-order valence-electron chi connectivity index (χ2n) is 5.24. The lowest BCUT2D eigenvalue weighted by Crippen LogP contribution is -2.35. The number of nitrogens with one attached hydrogen (secondary N) is 1. The monoisotopic (exact) mass is 210 g/mol. The lowest BCUT2D eigenvalue weighted by molar-refractivity contribution is -0.134. The first kappa shape index (κ1) is 10.9. The predicted octanol–water partition coefficient (Wildman–Crippen LogP) is 1.10. The second-order valence-corrected chi connectivity index (χ2v) is 5.24. The molecular formula is C12H22N2O. The van der Waals surface area contributed by atoms with E-state index in [-0.39, 0.29) is 5.92 Å². The van der Waals surface area contributed by atoms with E-state index in [0.717, 1.165) is 38.0 Å². The Labute approximate surface area is 92.2 Å². The van der Waals surface area contributed by atoms with Gasteiger partial charge >= 0.3 is 0 Å². The third kappa shape index (κ3) is 2.33. The molecule has 1 N–H and O–H groups in total. The molecule has 15 heavy (non-hydrogen) atoms. The van der Waals surface area contributed by atoms with Gasteiger partial charge in [0.15, 0.2) is 0 Å². The molecule has 0 radical (unpaired) electrons. The molecule has 0 aliphatic carbocycles. The Kier molecular flexibility index (Phi) is 3.29. The fourth-order valence-corrected chi connectivity index (χ4v) is 2.80. The van der Waals surface area contributed by atoms with Crippen LogP contribution in [0.4, 0.5) is 0 Å². The van der Waals surface area contributed by atoms with Crippen LogP contribution in [-0.4, -0.2) is 37.0 Å². The summed E-state index contributed by atoms with van der Waals surface area (Å²) in [6.07, 6.45) is 2.38. The molecule has 2 rings (SSSR count). The highest BCUT2D eigenvalue weighted by atomic mass is 16.2. The summed E-state index contributed by atoms with van der Waals surface area (Å²) in [5, 5.41) is 3.46. The lowest BCUT2D eigenvalue weighted by Gasteiger charge is -2.22. The number of carbonyl (C=O) groups is 1. The van der Waals surface area contributed by atoms with Crippen molar-refractivity contribution in [3.05, 3.63) is 0 Å². The van der Waals surface area contributed by atoms with Crippen LogP contribution in [0.25, 0.3) is 0 Å². The SMILES string of the molecule is CC(C)C(=O)N1CC[C@@H]2CNC[C@@H]2CC1. The van der Waals surface area contributed by atoms with Crippen molar-refractivity contribution in [2.24, 2.45) is 17.8 Å². The highest BCUT2D eigenvalue weighted by Gasteiger charge is 2.31. The molecule has 2 aliphatic heterocycles. The minimum absolute atomic E-state index is 0.154. The number of likely N-dealkylation sites (tertiary alicyclic amines) is 1. The van der Waals surface area contributed by atoms with Gasteiger partial charge in [-0.3, -0.25) is 4.79 Å². The molecule has 2 fully saturated rings. The third-order valence-corrected chi connectivity index (χ3v) is 3.82. The van der Waals surface area contributed by atoms with Gasteiger partial charge in [-0.25, -0.2) is 0 Å². The fraction of sp³-hybridized carbons (Fsp3) is 0.917. The number of hydrogen-bond acceptors (Lipinski definition) is 2. The van der Waals surface area contributed by atoms with Gasteiger partial charge in [-0.05, 0) is 37.8 Å². The summed E-state index contributed by atoms with van der Waals surface area (Å²) in [6, 6.07) is 0. The second kappa shape index (κ2) is 4.52. The van der Waals surface area contributed by atoms with Crippen LogP contribution in [-0.2, 0) is 4.79 Å². The van der Waals surface area contributed by atoms with Crippen LogP contribution < -0.4 is 5.32 Å². The smallest absolute Gasteiger partial charge is 0.225 e. The van der Waals surface area contributed by atoms with Gasteiger partial charge in [0.25, 0.3) is 0 Å². The first-order chi connectivity index (χ1) is 7.18. The Hall–Kier alpha value is -0.570. The molecule has 2 atom stereocenters. The topological polar surface area (TPSA) is 32.3 Å². The van der Waals surface area contributed by atoms with E-state index in [9.17, 15) is 4.79 Å². The number of nitrogens with zero attached hydrogens (tertiary/aromatic N) is 1. The summed E-state index contributed by atoms with van der Waals surface area (Å²) in [6.45, 7) is 8.26. The summed E-state index contributed by atoms with van der Waals surface area (Å²) in [5.74, 6) is 2.12. The van der Waals surface area contributed by atoms with Crippen molar-refractivity contribution in [2.75, 3.05) is 26.2 Å². The molecule has 0 spiro atoms. The summed E-state index contributed by atoms with van der Waals surface area (Å²) >= 11 is 0. The molecule has 0 unspecified atom stereocenters. The van der Waals surface area contributed by atoms with Gasteiger partial charge in [0, 0.05) is 19.0 Å². The van der Waals surface area contributed by atoms with E-state index in [2.05, 4.69) is 10.2 Å². The van der Waals surface area contributed by atoms with E-state index in [1.165, 1.54) is 12.8 Å². The van der Waals surface area contributed by atoms with E-state index in [1.807, 2.05) is 13.8 Å². The van der Waals surface area contributed by atoms with Gasteiger partial charge < -0.3 is 10.2 Å². The van der Waals surface area contributed by atoms with Crippen LogP contribution in [0, 0.1) is 17.8 Å². The normalized spacial score (nSPS) is 31.5. The van der Waals surface area contributed by atoms with Crippen molar-refractivity contribution in [2.45, 2.75) is 26.7 Å². The van der Waals surface area contributed by atoms with E-state index < -0.39 is 0 Å². The molecule has 3 heteroatoms. The molecule has 2 aliphatic rings. The zero-order chi connectivity index (χ0) is 10.8. The summed E-state index contributed by atoms with van der Waals surface area (Å²) in [4.78, 5) is 14.0. The van der Waals surface area contributed by atoms with Crippen LogP contribution in [0.5, 0.6) is 0 Å². The Morgan fingerprint density at radius 2 is 1.73 bits per heavy atom. The highest BCUT2D eigenvalue weighted by molar-refractivity contribution is 5.78. The molecular weight excluding hydrogens is 188 g/mol. The lowest BCUT2D eigenvalue weighted by atomic mass is 9.92. The molecule has 0 aromatic heterocycles. The van der Waals surface area contributed by atoms with Crippen LogP contribution >= 0.6 is 0 Å². The van der Waals surface area contributed by atoms with E-state index >= 15 is 0 Å². The highest BCUT2D eigenvalue weighted by Crippen LogP contribution is 2.27. The zero-order valence-corrected chi connectivity index (χ0v) is 9.83. The Bertz CT molecular complexity index is 226. The maximum absolute atomic E-state index is 11.9. The van der Waals surface area contributed by atoms with Crippen molar-refractivity contribution in [3.63, 3.8) is 0 Å². The van der Waals surface area contributed by atoms with Gasteiger partial charge in [-0.15, -0.1) is 0 Å². The molecule has 1 amide bonds. The minimum Gasteiger partial charge on any atom is -0.342 e. The maximum atomic E-state index is 11.9. The summed E-state index contributed by atoms with van der Waals surface area (Å²) in [7, 11) is 0. The Morgan fingerprint density at radius 3 is 2.20 bits per heavy atom. The van der Waals surface area contributed by atoms with Crippen molar-refractivity contribution in [1.82, 2.24) is 10.2 Å². The van der Waals surface area contributed by atoms with Gasteiger partial charge in [0.05, 0.1) is 0 Å². The fourth-order valence-electron chi connectivity index (χ4n) is 2.80. The van der Waals surface area contributed by atoms with Gasteiger partial charge in [-0.1, -0.05) is 13.8 Å². The van der Waals surface area contributed by atoms with Crippen molar-refractivity contribution in [1.29, 1.82) is 0 Å². The Morgan fingerprint density at radius 1 is 1.20 bits per heavy atom. The van der Waals surface area contributed by atoms with Gasteiger partial charge in [0.2, 0.25) is 5.91 Å². The molecule has 0 saturated carbocycles. The summed E-state index contributed by atoms with van der Waals surface area (Å²) in [5.41, 5.74) is 0. The number of fused-ring (bicyclic) bond motifs is 1. The molecule has 0 aromatic rings.